The molecule has 3 rings (SSSR count). The number of morpholine rings is 1. The van der Waals surface area contributed by atoms with Gasteiger partial charge >= 0.3 is 0 Å². The molecule has 0 unspecified atom stereocenters. The van der Waals surface area contributed by atoms with E-state index in [0.29, 0.717) is 24.5 Å². The van der Waals surface area contributed by atoms with Gasteiger partial charge in [0.25, 0.3) is 5.91 Å². The number of ether oxygens (including phenoxy) is 2. The quantitative estimate of drug-likeness (QED) is 0.857. The number of hydrogen-bond acceptors (Lipinski definition) is 4. The zero-order valence-corrected chi connectivity index (χ0v) is 12.7. The fourth-order valence-electron chi connectivity index (χ4n) is 3.30. The Kier molecular flexibility index (Phi) is 4.30. The number of nitriles is 1. The van der Waals surface area contributed by atoms with E-state index in [9.17, 15) is 4.79 Å². The highest BCUT2D eigenvalue weighted by atomic mass is 16.5. The van der Waals surface area contributed by atoms with Crippen LogP contribution in [-0.4, -0.2) is 42.2 Å². The second kappa shape index (κ2) is 6.37. The van der Waals surface area contributed by atoms with Gasteiger partial charge < -0.3 is 14.4 Å². The fraction of sp³-hybridized carbons (Fsp3) is 0.529. The highest BCUT2D eigenvalue weighted by Crippen LogP contribution is 2.30. The van der Waals surface area contributed by atoms with Crippen molar-refractivity contribution in [2.75, 3.05) is 13.2 Å². The average molecular weight is 300 g/mol. The van der Waals surface area contributed by atoms with Crippen LogP contribution in [0.1, 0.15) is 31.7 Å². The van der Waals surface area contributed by atoms with E-state index >= 15 is 0 Å². The van der Waals surface area contributed by atoms with Crippen molar-refractivity contribution in [2.45, 2.75) is 44.4 Å². The number of nitrogens with zero attached hydrogens (tertiary/aromatic N) is 2. The first-order chi connectivity index (χ1) is 10.7. The van der Waals surface area contributed by atoms with Crippen molar-refractivity contribution in [1.29, 1.82) is 5.26 Å². The summed E-state index contributed by atoms with van der Waals surface area (Å²) >= 11 is 0. The Morgan fingerprint density at radius 2 is 2.18 bits per heavy atom. The van der Waals surface area contributed by atoms with Crippen LogP contribution in [0.4, 0.5) is 0 Å². The molecule has 0 aromatic heterocycles. The largest absolute Gasteiger partial charge is 0.481 e. The number of carbonyl (C=O) groups excluding carboxylic acids is 1. The number of carbonyl (C=O) groups is 1. The van der Waals surface area contributed by atoms with E-state index in [2.05, 4.69) is 6.07 Å². The molecule has 1 amide bonds. The van der Waals surface area contributed by atoms with Crippen molar-refractivity contribution < 1.29 is 14.3 Å². The molecule has 22 heavy (non-hydrogen) atoms. The third kappa shape index (κ3) is 2.93. The molecule has 116 valence electrons. The minimum Gasteiger partial charge on any atom is -0.481 e. The Bertz CT molecular complexity index is 579. The number of fused-ring (bicyclic) bond motifs is 1. The lowest BCUT2D eigenvalue weighted by Gasteiger charge is -2.38. The van der Waals surface area contributed by atoms with Crippen LogP contribution in [0.25, 0.3) is 0 Å². The first-order valence-electron chi connectivity index (χ1n) is 7.78. The summed E-state index contributed by atoms with van der Waals surface area (Å²) in [5, 5.41) is 8.79. The minimum absolute atomic E-state index is 0.0181. The maximum Gasteiger partial charge on any atom is 0.263 e. The molecule has 1 aliphatic carbocycles. The second-order valence-electron chi connectivity index (χ2n) is 5.84. The summed E-state index contributed by atoms with van der Waals surface area (Å²) in [6, 6.07) is 9.09. The van der Waals surface area contributed by atoms with E-state index in [1.165, 1.54) is 0 Å². The molecule has 1 aromatic carbocycles. The zero-order chi connectivity index (χ0) is 15.5. The number of benzene rings is 1. The maximum absolute atomic E-state index is 12.7. The number of amides is 1. The molecular weight excluding hydrogens is 280 g/mol. The van der Waals surface area contributed by atoms with Gasteiger partial charge in [0.1, 0.15) is 5.75 Å². The Balaban J connectivity index is 1.64. The highest BCUT2D eigenvalue weighted by Gasteiger charge is 2.39. The normalized spacial score (nSPS) is 25.2. The van der Waals surface area contributed by atoms with Crippen molar-refractivity contribution in [3.8, 4) is 11.8 Å². The Morgan fingerprint density at radius 1 is 1.41 bits per heavy atom. The van der Waals surface area contributed by atoms with E-state index in [1.54, 1.807) is 31.2 Å². The molecule has 5 heteroatoms. The summed E-state index contributed by atoms with van der Waals surface area (Å²) in [7, 11) is 0. The van der Waals surface area contributed by atoms with E-state index in [1.807, 2.05) is 4.90 Å². The SMILES string of the molecule is C[C@H](Oc1ccc(C#N)cc1)C(=O)N1CCO[C@H]2CCC[C@@H]21. The van der Waals surface area contributed by atoms with Gasteiger partial charge in [0.05, 0.1) is 30.4 Å². The molecule has 0 spiro atoms. The lowest BCUT2D eigenvalue weighted by atomic mass is 10.1. The Labute approximate surface area is 130 Å². The van der Waals surface area contributed by atoms with Crippen molar-refractivity contribution in [3.05, 3.63) is 29.8 Å². The van der Waals surface area contributed by atoms with E-state index < -0.39 is 6.10 Å². The van der Waals surface area contributed by atoms with Gasteiger partial charge in [-0.25, -0.2) is 0 Å². The summed E-state index contributed by atoms with van der Waals surface area (Å²) in [5.74, 6) is 0.626. The maximum atomic E-state index is 12.7. The van der Waals surface area contributed by atoms with Crippen LogP contribution < -0.4 is 4.74 Å². The molecule has 2 aliphatic rings. The van der Waals surface area contributed by atoms with Crippen LogP contribution in [0, 0.1) is 11.3 Å². The van der Waals surface area contributed by atoms with Gasteiger partial charge in [-0.3, -0.25) is 4.79 Å². The molecule has 1 saturated heterocycles. The molecule has 1 aliphatic heterocycles. The first-order valence-corrected chi connectivity index (χ1v) is 7.78. The standard InChI is InChI=1S/C17H20N2O3/c1-12(22-14-7-5-13(11-18)6-8-14)17(20)19-9-10-21-16-4-2-3-15(16)19/h5-8,12,15-16H,2-4,9-10H2,1H3/t12-,15-,16-/m0/s1. The third-order valence-corrected chi connectivity index (χ3v) is 4.41. The van der Waals surface area contributed by atoms with Crippen LogP contribution >= 0.6 is 0 Å². The van der Waals surface area contributed by atoms with E-state index in [-0.39, 0.29) is 18.1 Å². The van der Waals surface area contributed by atoms with Gasteiger partial charge in [0.15, 0.2) is 6.10 Å². The van der Waals surface area contributed by atoms with Crippen molar-refractivity contribution in [1.82, 2.24) is 4.90 Å². The van der Waals surface area contributed by atoms with E-state index in [0.717, 1.165) is 19.3 Å². The van der Waals surface area contributed by atoms with Crippen LogP contribution in [-0.2, 0) is 9.53 Å². The minimum atomic E-state index is -0.535. The summed E-state index contributed by atoms with van der Waals surface area (Å²) in [4.78, 5) is 14.6. The Morgan fingerprint density at radius 3 is 2.91 bits per heavy atom. The van der Waals surface area contributed by atoms with Crippen molar-refractivity contribution >= 4 is 5.91 Å². The van der Waals surface area contributed by atoms with Crippen LogP contribution in [0.15, 0.2) is 24.3 Å². The van der Waals surface area contributed by atoms with Gasteiger partial charge in [0, 0.05) is 6.54 Å². The van der Waals surface area contributed by atoms with Crippen LogP contribution in [0.2, 0.25) is 0 Å². The topological polar surface area (TPSA) is 62.6 Å². The first kappa shape index (κ1) is 14.9. The monoisotopic (exact) mass is 300 g/mol. The van der Waals surface area contributed by atoms with Gasteiger partial charge in [-0.1, -0.05) is 0 Å². The molecule has 5 nitrogen and oxygen atoms in total. The van der Waals surface area contributed by atoms with Gasteiger partial charge in [-0.15, -0.1) is 0 Å². The van der Waals surface area contributed by atoms with Crippen molar-refractivity contribution in [3.63, 3.8) is 0 Å². The molecule has 1 aromatic rings. The van der Waals surface area contributed by atoms with Gasteiger partial charge in [-0.05, 0) is 50.5 Å². The van der Waals surface area contributed by atoms with Crippen molar-refractivity contribution in [2.24, 2.45) is 0 Å². The number of hydrogen-bond donors (Lipinski definition) is 0. The second-order valence-corrected chi connectivity index (χ2v) is 5.84. The molecule has 0 N–H and O–H groups in total. The average Bonchev–Trinajstić information content (AvgIpc) is 3.03. The zero-order valence-electron chi connectivity index (χ0n) is 12.7. The molecular formula is C17H20N2O3. The molecule has 1 heterocycles. The highest BCUT2D eigenvalue weighted by molar-refractivity contribution is 5.81. The molecule has 3 atom stereocenters. The summed E-state index contributed by atoms with van der Waals surface area (Å²) in [6.07, 6.45) is 2.83. The fourth-order valence-corrected chi connectivity index (χ4v) is 3.30. The molecule has 0 bridgehead atoms. The molecule has 2 fully saturated rings. The molecule has 1 saturated carbocycles. The Hall–Kier alpha value is -2.06. The lowest BCUT2D eigenvalue weighted by Crippen LogP contribution is -2.54. The van der Waals surface area contributed by atoms with E-state index in [4.69, 9.17) is 14.7 Å². The predicted octanol–water partition coefficient (Wildman–Crippen LogP) is 2.11. The smallest absolute Gasteiger partial charge is 0.263 e. The lowest BCUT2D eigenvalue weighted by molar-refractivity contribution is -0.150. The van der Waals surface area contributed by atoms with Crippen LogP contribution in [0.5, 0.6) is 5.75 Å². The predicted molar refractivity (Wildman–Crippen MR) is 80.3 cm³/mol. The van der Waals surface area contributed by atoms with Gasteiger partial charge in [-0.2, -0.15) is 5.26 Å². The third-order valence-electron chi connectivity index (χ3n) is 4.41. The summed E-state index contributed by atoms with van der Waals surface area (Å²) < 4.78 is 11.5. The summed E-state index contributed by atoms with van der Waals surface area (Å²) in [5.41, 5.74) is 0.577. The molecule has 0 radical (unpaired) electrons. The summed E-state index contributed by atoms with van der Waals surface area (Å²) in [6.45, 7) is 3.03. The van der Waals surface area contributed by atoms with Crippen LogP contribution in [0.3, 0.4) is 0 Å². The number of rotatable bonds is 3. The van der Waals surface area contributed by atoms with Gasteiger partial charge in [0.2, 0.25) is 0 Å².